The van der Waals surface area contributed by atoms with Crippen LogP contribution in [-0.4, -0.2) is 5.97 Å². The van der Waals surface area contributed by atoms with Crippen molar-refractivity contribution in [1.82, 2.24) is 0 Å². The number of esters is 1. The Balaban J connectivity index is 1.87. The monoisotopic (exact) mass is 366 g/mol. The van der Waals surface area contributed by atoms with Crippen LogP contribution in [0.1, 0.15) is 16.1 Å². The largest absolute Gasteiger partial charge is 0.455 e. The van der Waals surface area contributed by atoms with Gasteiger partial charge < -0.3 is 9.15 Å². The molecule has 0 fully saturated rings. The summed E-state index contributed by atoms with van der Waals surface area (Å²) < 4.78 is 24.0. The van der Waals surface area contributed by atoms with E-state index in [1.807, 2.05) is 0 Å². The van der Waals surface area contributed by atoms with Gasteiger partial charge in [0.1, 0.15) is 18.0 Å². The van der Waals surface area contributed by atoms with Gasteiger partial charge in [-0.3, -0.25) is 4.79 Å². The van der Waals surface area contributed by atoms with E-state index in [0.29, 0.717) is 5.02 Å². The normalized spacial score (nSPS) is 10.8. The summed E-state index contributed by atoms with van der Waals surface area (Å²) in [7, 11) is 0. The van der Waals surface area contributed by atoms with Gasteiger partial charge in [0.2, 0.25) is 5.76 Å². The third-order valence-electron chi connectivity index (χ3n) is 3.30. The summed E-state index contributed by atoms with van der Waals surface area (Å²) >= 11 is 11.7. The summed E-state index contributed by atoms with van der Waals surface area (Å²) in [6.45, 7) is -0.382. The highest BCUT2D eigenvalue weighted by atomic mass is 35.5. The highest BCUT2D eigenvalue weighted by Crippen LogP contribution is 2.21. The standard InChI is InChI=1S/C17H9Cl2FO4/c18-9-4-5-15-10(6-9)14(21)7-16(24-15)17(22)23-8-11-12(19)2-1-3-13(11)20/h1-7H,8H2. The molecule has 0 unspecified atom stereocenters. The Bertz CT molecular complexity index is 977. The highest BCUT2D eigenvalue weighted by molar-refractivity contribution is 6.31. The highest BCUT2D eigenvalue weighted by Gasteiger charge is 2.16. The zero-order chi connectivity index (χ0) is 17.3. The fourth-order valence-corrected chi connectivity index (χ4v) is 2.50. The van der Waals surface area contributed by atoms with Gasteiger partial charge in [0.15, 0.2) is 5.43 Å². The molecule has 0 spiro atoms. The SMILES string of the molecule is O=C(OCc1c(F)cccc1Cl)c1cc(=O)c2cc(Cl)ccc2o1. The molecule has 0 atom stereocenters. The number of carbonyl (C=O) groups excluding carboxylic acids is 1. The fraction of sp³-hybridized carbons (Fsp3) is 0.0588. The van der Waals surface area contributed by atoms with Crippen LogP contribution in [-0.2, 0) is 11.3 Å². The molecule has 0 N–H and O–H groups in total. The average Bonchev–Trinajstić information content (AvgIpc) is 2.54. The van der Waals surface area contributed by atoms with E-state index in [4.69, 9.17) is 32.4 Å². The van der Waals surface area contributed by atoms with Crippen LogP contribution in [0.5, 0.6) is 0 Å². The Morgan fingerprint density at radius 3 is 2.71 bits per heavy atom. The summed E-state index contributed by atoms with van der Waals surface area (Å²) in [5.74, 6) is -1.78. The molecular formula is C17H9Cl2FO4. The van der Waals surface area contributed by atoms with E-state index in [2.05, 4.69) is 0 Å². The Hall–Kier alpha value is -2.37. The zero-order valence-corrected chi connectivity index (χ0v) is 13.5. The lowest BCUT2D eigenvalue weighted by Crippen LogP contribution is -2.11. The number of carbonyl (C=O) groups is 1. The smallest absolute Gasteiger partial charge is 0.374 e. The van der Waals surface area contributed by atoms with E-state index in [1.54, 1.807) is 0 Å². The van der Waals surface area contributed by atoms with Crippen LogP contribution in [0.3, 0.4) is 0 Å². The first kappa shape index (κ1) is 16.5. The minimum atomic E-state index is -0.900. The second kappa shape index (κ2) is 6.63. The van der Waals surface area contributed by atoms with Crippen molar-refractivity contribution in [2.45, 2.75) is 6.61 Å². The second-order valence-corrected chi connectivity index (χ2v) is 5.74. The number of halogens is 3. The first-order valence-corrected chi connectivity index (χ1v) is 7.55. The molecule has 4 nitrogen and oxygen atoms in total. The van der Waals surface area contributed by atoms with Gasteiger partial charge in [-0.15, -0.1) is 0 Å². The lowest BCUT2D eigenvalue weighted by Gasteiger charge is -2.07. The molecule has 0 radical (unpaired) electrons. The molecule has 1 heterocycles. The molecule has 0 amide bonds. The van der Waals surface area contributed by atoms with Gasteiger partial charge in [0, 0.05) is 16.7 Å². The maximum Gasteiger partial charge on any atom is 0.374 e. The van der Waals surface area contributed by atoms with Crippen LogP contribution < -0.4 is 5.43 Å². The van der Waals surface area contributed by atoms with Crippen molar-refractivity contribution in [2.75, 3.05) is 0 Å². The molecule has 7 heteroatoms. The number of rotatable bonds is 3. The molecule has 0 aliphatic carbocycles. The summed E-state index contributed by atoms with van der Waals surface area (Å²) in [6.07, 6.45) is 0. The van der Waals surface area contributed by atoms with E-state index < -0.39 is 17.2 Å². The fourth-order valence-electron chi connectivity index (χ4n) is 2.11. The van der Waals surface area contributed by atoms with E-state index in [0.717, 1.165) is 6.07 Å². The predicted molar refractivity (Wildman–Crippen MR) is 88.0 cm³/mol. The number of ether oxygens (including phenoxy) is 1. The Labute approximate surface area is 145 Å². The first-order valence-electron chi connectivity index (χ1n) is 6.79. The molecule has 0 bridgehead atoms. The summed E-state index contributed by atoms with van der Waals surface area (Å²) in [6, 6.07) is 9.57. The van der Waals surface area contributed by atoms with Gasteiger partial charge in [-0.2, -0.15) is 0 Å². The maximum absolute atomic E-state index is 13.7. The molecular weight excluding hydrogens is 358 g/mol. The molecule has 0 saturated heterocycles. The molecule has 3 aromatic rings. The van der Waals surface area contributed by atoms with Crippen molar-refractivity contribution in [3.63, 3.8) is 0 Å². The first-order chi connectivity index (χ1) is 11.5. The maximum atomic E-state index is 13.7. The van der Waals surface area contributed by atoms with Crippen LogP contribution in [0.25, 0.3) is 11.0 Å². The molecule has 24 heavy (non-hydrogen) atoms. The molecule has 2 aromatic carbocycles. The quantitative estimate of drug-likeness (QED) is 0.635. The van der Waals surface area contributed by atoms with Crippen molar-refractivity contribution in [3.8, 4) is 0 Å². The summed E-state index contributed by atoms with van der Waals surface area (Å²) in [5.41, 5.74) is -0.195. The van der Waals surface area contributed by atoms with Gasteiger partial charge in [0.25, 0.3) is 0 Å². The van der Waals surface area contributed by atoms with Crippen molar-refractivity contribution in [1.29, 1.82) is 0 Å². The van der Waals surface area contributed by atoms with Crippen LogP contribution in [0.2, 0.25) is 10.0 Å². The average molecular weight is 367 g/mol. The Kier molecular flexibility index (Phi) is 4.55. The van der Waals surface area contributed by atoms with Gasteiger partial charge >= 0.3 is 5.97 Å². The minimum absolute atomic E-state index is 0.0439. The molecule has 0 saturated carbocycles. The number of hydrogen-bond donors (Lipinski definition) is 0. The topological polar surface area (TPSA) is 56.5 Å². The van der Waals surface area contributed by atoms with Gasteiger partial charge in [0.05, 0.1) is 10.4 Å². The second-order valence-electron chi connectivity index (χ2n) is 4.89. The molecule has 0 aliphatic heterocycles. The van der Waals surface area contributed by atoms with Crippen molar-refractivity contribution >= 4 is 40.1 Å². The number of hydrogen-bond acceptors (Lipinski definition) is 4. The van der Waals surface area contributed by atoms with Gasteiger partial charge in [-0.05, 0) is 30.3 Å². The third kappa shape index (κ3) is 3.27. The molecule has 0 aliphatic rings. The Morgan fingerprint density at radius 2 is 1.96 bits per heavy atom. The van der Waals surface area contributed by atoms with Crippen molar-refractivity contribution in [2.24, 2.45) is 0 Å². The van der Waals surface area contributed by atoms with Crippen LogP contribution >= 0.6 is 23.2 Å². The van der Waals surface area contributed by atoms with Crippen LogP contribution in [0, 0.1) is 5.82 Å². The number of benzene rings is 2. The number of fused-ring (bicyclic) bond motifs is 1. The van der Waals surface area contributed by atoms with E-state index in [9.17, 15) is 14.0 Å². The van der Waals surface area contributed by atoms with E-state index in [1.165, 1.54) is 36.4 Å². The van der Waals surface area contributed by atoms with Gasteiger partial charge in [-0.1, -0.05) is 29.3 Å². The van der Waals surface area contributed by atoms with Crippen molar-refractivity contribution in [3.05, 3.63) is 79.9 Å². The van der Waals surface area contributed by atoms with Crippen LogP contribution in [0.4, 0.5) is 4.39 Å². The zero-order valence-electron chi connectivity index (χ0n) is 12.0. The molecule has 1 aromatic heterocycles. The minimum Gasteiger partial charge on any atom is -0.455 e. The summed E-state index contributed by atoms with van der Waals surface area (Å²) in [4.78, 5) is 24.1. The van der Waals surface area contributed by atoms with Crippen molar-refractivity contribution < 1.29 is 18.3 Å². The lowest BCUT2D eigenvalue weighted by molar-refractivity contribution is 0.0433. The Morgan fingerprint density at radius 1 is 1.17 bits per heavy atom. The molecule has 3 rings (SSSR count). The van der Waals surface area contributed by atoms with Crippen LogP contribution in [0.15, 0.2) is 51.7 Å². The lowest BCUT2D eigenvalue weighted by atomic mass is 10.2. The molecule has 122 valence electrons. The van der Waals surface area contributed by atoms with Gasteiger partial charge in [-0.25, -0.2) is 9.18 Å². The summed E-state index contributed by atoms with van der Waals surface area (Å²) in [5, 5.41) is 0.757. The van der Waals surface area contributed by atoms with E-state index >= 15 is 0 Å². The predicted octanol–water partition coefficient (Wildman–Crippen LogP) is 4.60. The van der Waals surface area contributed by atoms with E-state index in [-0.39, 0.29) is 33.9 Å². The third-order valence-corrected chi connectivity index (χ3v) is 3.89.